The number of fused-ring (bicyclic) bond motifs is 3. The van der Waals surface area contributed by atoms with Crippen molar-refractivity contribution in [3.63, 3.8) is 0 Å². The molecule has 0 saturated carbocycles. The van der Waals surface area contributed by atoms with Crippen molar-refractivity contribution < 1.29 is 9.84 Å². The number of likely N-dealkylation sites (N-methyl/N-ethyl adjacent to an activating group) is 1. The van der Waals surface area contributed by atoms with E-state index in [1.54, 1.807) is 0 Å². The van der Waals surface area contributed by atoms with Crippen LogP contribution in [-0.2, 0) is 6.42 Å². The van der Waals surface area contributed by atoms with Crippen LogP contribution in [0.25, 0.3) is 10.9 Å². The number of unbranched alkanes of at least 4 members (excludes halogenated alkanes) is 1. The molecule has 2 N–H and O–H groups in total. The molecule has 1 aliphatic rings. The summed E-state index contributed by atoms with van der Waals surface area (Å²) < 4.78 is 5.76. The molecule has 0 radical (unpaired) electrons. The molecule has 1 aliphatic heterocycles. The van der Waals surface area contributed by atoms with Crippen LogP contribution in [0.5, 0.6) is 5.75 Å². The average molecular weight is 385 g/mol. The minimum Gasteiger partial charge on any atom is -0.494 e. The predicted octanol–water partition coefficient (Wildman–Crippen LogP) is 4.55. The molecule has 1 unspecified atom stereocenters. The van der Waals surface area contributed by atoms with E-state index in [2.05, 4.69) is 41.2 Å². The molecule has 3 aromatic rings. The molecule has 0 fully saturated rings. The molecule has 2 aromatic carbocycles. The van der Waals surface area contributed by atoms with Gasteiger partial charge in [-0.1, -0.05) is 23.7 Å². The van der Waals surface area contributed by atoms with Gasteiger partial charge < -0.3 is 14.8 Å². The van der Waals surface area contributed by atoms with Gasteiger partial charge in [-0.05, 0) is 67.8 Å². The summed E-state index contributed by atoms with van der Waals surface area (Å²) in [4.78, 5) is 6.02. The number of aliphatic hydroxyl groups is 1. The fourth-order valence-electron chi connectivity index (χ4n) is 3.95. The highest BCUT2D eigenvalue weighted by Crippen LogP contribution is 2.38. The molecule has 142 valence electrons. The van der Waals surface area contributed by atoms with Gasteiger partial charge in [0.25, 0.3) is 0 Å². The number of benzene rings is 2. The van der Waals surface area contributed by atoms with Gasteiger partial charge in [-0.25, -0.2) is 0 Å². The third-order valence-corrected chi connectivity index (χ3v) is 5.58. The summed E-state index contributed by atoms with van der Waals surface area (Å²) in [5.74, 6) is 0.874. The van der Waals surface area contributed by atoms with Crippen molar-refractivity contribution in [2.45, 2.75) is 25.3 Å². The third-order valence-electron chi connectivity index (χ3n) is 5.35. The van der Waals surface area contributed by atoms with Gasteiger partial charge in [-0.3, -0.25) is 4.90 Å². The summed E-state index contributed by atoms with van der Waals surface area (Å²) in [6.07, 6.45) is 2.66. The molecule has 0 spiro atoms. The van der Waals surface area contributed by atoms with Crippen molar-refractivity contribution in [3.8, 4) is 5.75 Å². The lowest BCUT2D eigenvalue weighted by Gasteiger charge is -2.33. The summed E-state index contributed by atoms with van der Waals surface area (Å²) in [5.41, 5.74) is 5.03. The van der Waals surface area contributed by atoms with Crippen LogP contribution in [0.2, 0.25) is 5.02 Å². The van der Waals surface area contributed by atoms with E-state index in [0.29, 0.717) is 6.61 Å². The summed E-state index contributed by atoms with van der Waals surface area (Å²) in [6.45, 7) is 1.86. The third kappa shape index (κ3) is 3.70. The quantitative estimate of drug-likeness (QED) is 0.613. The maximum atomic E-state index is 8.85. The van der Waals surface area contributed by atoms with E-state index in [4.69, 9.17) is 21.4 Å². The lowest BCUT2D eigenvalue weighted by atomic mass is 9.93. The molecule has 0 saturated heterocycles. The summed E-state index contributed by atoms with van der Waals surface area (Å²) in [7, 11) is 2.17. The molecule has 5 heteroatoms. The number of H-pyrrole nitrogens is 1. The van der Waals surface area contributed by atoms with Gasteiger partial charge in [0.15, 0.2) is 0 Å². The van der Waals surface area contributed by atoms with Crippen molar-refractivity contribution in [2.75, 3.05) is 26.8 Å². The molecule has 4 rings (SSSR count). The number of halogens is 1. The van der Waals surface area contributed by atoms with Crippen molar-refractivity contribution in [3.05, 3.63) is 64.3 Å². The van der Waals surface area contributed by atoms with Crippen LogP contribution in [0.1, 0.15) is 35.7 Å². The molecular formula is C22H25ClN2O2. The molecule has 0 aliphatic carbocycles. The fraction of sp³-hybridized carbons (Fsp3) is 0.364. The molecule has 1 aromatic heterocycles. The molecule has 2 heterocycles. The van der Waals surface area contributed by atoms with Crippen LogP contribution in [0.4, 0.5) is 0 Å². The minimum atomic E-state index is 0.198. The summed E-state index contributed by atoms with van der Waals surface area (Å²) >= 11 is 6.23. The fourth-order valence-corrected chi connectivity index (χ4v) is 4.12. The van der Waals surface area contributed by atoms with Gasteiger partial charge >= 0.3 is 0 Å². The van der Waals surface area contributed by atoms with Crippen molar-refractivity contribution >= 4 is 22.5 Å². The zero-order valence-corrected chi connectivity index (χ0v) is 16.3. The molecular weight excluding hydrogens is 360 g/mol. The van der Waals surface area contributed by atoms with E-state index in [1.807, 2.05) is 18.2 Å². The van der Waals surface area contributed by atoms with Crippen LogP contribution in [-0.4, -0.2) is 41.8 Å². The number of nitrogens with one attached hydrogen (secondary N) is 1. The first-order chi connectivity index (χ1) is 13.2. The van der Waals surface area contributed by atoms with Gasteiger partial charge in [0.05, 0.1) is 12.6 Å². The molecule has 0 amide bonds. The number of rotatable bonds is 6. The lowest BCUT2D eigenvalue weighted by Crippen LogP contribution is -2.32. The van der Waals surface area contributed by atoms with E-state index in [-0.39, 0.29) is 12.6 Å². The maximum absolute atomic E-state index is 8.85. The second-order valence-electron chi connectivity index (χ2n) is 7.19. The highest BCUT2D eigenvalue weighted by Gasteiger charge is 2.29. The van der Waals surface area contributed by atoms with Crippen LogP contribution >= 0.6 is 11.6 Å². The number of aromatic amines is 1. The van der Waals surface area contributed by atoms with Gasteiger partial charge in [0.1, 0.15) is 5.75 Å². The number of hydrogen-bond donors (Lipinski definition) is 2. The van der Waals surface area contributed by atoms with Gasteiger partial charge in [0, 0.05) is 34.8 Å². The predicted molar refractivity (Wildman–Crippen MR) is 110 cm³/mol. The first-order valence-corrected chi connectivity index (χ1v) is 9.89. The van der Waals surface area contributed by atoms with Crippen LogP contribution in [0.3, 0.4) is 0 Å². The Morgan fingerprint density at radius 2 is 2.00 bits per heavy atom. The number of hydrogen-bond acceptors (Lipinski definition) is 3. The van der Waals surface area contributed by atoms with Gasteiger partial charge in [-0.2, -0.15) is 0 Å². The number of aliphatic hydroxyl groups excluding tert-OH is 1. The van der Waals surface area contributed by atoms with Crippen LogP contribution in [0, 0.1) is 0 Å². The summed E-state index contributed by atoms with van der Waals surface area (Å²) in [6, 6.07) is 14.6. The number of nitrogens with zero attached hydrogens (tertiary/aromatic N) is 1. The van der Waals surface area contributed by atoms with E-state index in [1.165, 1.54) is 22.2 Å². The molecule has 1 atom stereocenters. The monoisotopic (exact) mass is 384 g/mol. The Balaban J connectivity index is 1.61. The zero-order valence-electron chi connectivity index (χ0n) is 15.5. The Hall–Kier alpha value is -2.01. The normalized spacial score (nSPS) is 17.2. The standard InChI is InChI=1S/C22H25ClN2O2/c1-25-11-10-18-19-14-16(23)6-9-20(19)24-21(18)22(25)15-4-7-17(8-5-15)27-13-3-2-12-26/h4-9,14,22,24,26H,2-3,10-13H2,1H3. The molecule has 0 bridgehead atoms. The van der Waals surface area contributed by atoms with Crippen molar-refractivity contribution in [1.29, 1.82) is 0 Å². The Kier molecular flexibility index (Phi) is 5.39. The van der Waals surface area contributed by atoms with Gasteiger partial charge in [0.2, 0.25) is 0 Å². The van der Waals surface area contributed by atoms with E-state index in [9.17, 15) is 0 Å². The first-order valence-electron chi connectivity index (χ1n) is 9.51. The highest BCUT2D eigenvalue weighted by atomic mass is 35.5. The van der Waals surface area contributed by atoms with E-state index < -0.39 is 0 Å². The second kappa shape index (κ2) is 7.93. The minimum absolute atomic E-state index is 0.198. The highest BCUT2D eigenvalue weighted by molar-refractivity contribution is 6.31. The van der Waals surface area contributed by atoms with Crippen molar-refractivity contribution in [1.82, 2.24) is 9.88 Å². The second-order valence-corrected chi connectivity index (χ2v) is 7.62. The van der Waals surface area contributed by atoms with Crippen LogP contribution < -0.4 is 4.74 Å². The Bertz CT molecular complexity index is 920. The van der Waals surface area contributed by atoms with E-state index in [0.717, 1.165) is 42.1 Å². The molecule has 4 nitrogen and oxygen atoms in total. The van der Waals surface area contributed by atoms with Crippen molar-refractivity contribution in [2.24, 2.45) is 0 Å². The maximum Gasteiger partial charge on any atom is 0.119 e. The summed E-state index contributed by atoms with van der Waals surface area (Å²) in [5, 5.41) is 10.9. The number of ether oxygens (including phenoxy) is 1. The molecule has 27 heavy (non-hydrogen) atoms. The Labute approximate surface area is 164 Å². The first kappa shape index (κ1) is 18.4. The average Bonchev–Trinajstić information content (AvgIpc) is 3.03. The lowest BCUT2D eigenvalue weighted by molar-refractivity contribution is 0.252. The van der Waals surface area contributed by atoms with Crippen LogP contribution in [0.15, 0.2) is 42.5 Å². The largest absolute Gasteiger partial charge is 0.494 e. The Morgan fingerprint density at radius 3 is 2.78 bits per heavy atom. The number of aromatic nitrogens is 1. The zero-order chi connectivity index (χ0) is 18.8. The topological polar surface area (TPSA) is 48.5 Å². The smallest absolute Gasteiger partial charge is 0.119 e. The Morgan fingerprint density at radius 1 is 1.19 bits per heavy atom. The van der Waals surface area contributed by atoms with E-state index >= 15 is 0 Å². The van der Waals surface area contributed by atoms with Gasteiger partial charge in [-0.15, -0.1) is 0 Å². The SMILES string of the molecule is CN1CCc2c([nH]c3ccc(Cl)cc23)C1c1ccc(OCCCCO)cc1.